The zero-order valence-corrected chi connectivity index (χ0v) is 21.3. The van der Waals surface area contributed by atoms with Gasteiger partial charge in [0.25, 0.3) is 5.91 Å². The summed E-state index contributed by atoms with van der Waals surface area (Å²) < 4.78 is 5.32. The maximum Gasteiger partial charge on any atom is 0.261 e. The van der Waals surface area contributed by atoms with E-state index in [1.807, 2.05) is 24.0 Å². The molecule has 0 atom stereocenters. The highest BCUT2D eigenvalue weighted by atomic mass is 35.5. The van der Waals surface area contributed by atoms with E-state index >= 15 is 0 Å². The van der Waals surface area contributed by atoms with E-state index in [0.29, 0.717) is 53.2 Å². The molecule has 0 unspecified atom stereocenters. The summed E-state index contributed by atoms with van der Waals surface area (Å²) in [5.74, 6) is 0.853. The lowest BCUT2D eigenvalue weighted by Crippen LogP contribution is -2.33. The van der Waals surface area contributed by atoms with Gasteiger partial charge in [-0.1, -0.05) is 79.5 Å². The van der Waals surface area contributed by atoms with E-state index in [1.165, 1.54) is 5.56 Å². The second-order valence-electron chi connectivity index (χ2n) is 9.16. The molecule has 0 bridgehead atoms. The number of hydrogen-bond acceptors (Lipinski definition) is 4. The average molecular weight is 488 g/mol. The molecule has 0 saturated heterocycles. The Balaban J connectivity index is 1.87. The molecule has 0 aliphatic rings. The third-order valence-corrected chi connectivity index (χ3v) is 6.29. The lowest BCUT2D eigenvalue weighted by atomic mass is 9.87. The quantitative estimate of drug-likeness (QED) is 0.375. The van der Waals surface area contributed by atoms with Gasteiger partial charge in [0.1, 0.15) is 11.3 Å². The molecule has 3 rings (SSSR count). The van der Waals surface area contributed by atoms with Crippen LogP contribution in [0.3, 0.4) is 0 Å². The molecular formula is C26H31Cl2N3O2. The van der Waals surface area contributed by atoms with Gasteiger partial charge in [-0.15, -0.1) is 0 Å². The van der Waals surface area contributed by atoms with Crippen molar-refractivity contribution in [3.63, 3.8) is 0 Å². The molecule has 33 heavy (non-hydrogen) atoms. The van der Waals surface area contributed by atoms with E-state index in [2.05, 4.69) is 55.5 Å². The summed E-state index contributed by atoms with van der Waals surface area (Å²) in [5.41, 5.74) is 3.87. The van der Waals surface area contributed by atoms with Gasteiger partial charge >= 0.3 is 0 Å². The van der Waals surface area contributed by atoms with E-state index in [-0.39, 0.29) is 11.3 Å². The van der Waals surface area contributed by atoms with Crippen LogP contribution in [0.25, 0.3) is 0 Å². The highest BCUT2D eigenvalue weighted by Crippen LogP contribution is 2.26. The number of carbonyl (C=O) groups excluding carboxylic acids is 1. The van der Waals surface area contributed by atoms with Gasteiger partial charge in [-0.05, 0) is 54.5 Å². The highest BCUT2D eigenvalue weighted by Gasteiger charge is 2.25. The lowest BCUT2D eigenvalue weighted by molar-refractivity contribution is 0.0744. The Kier molecular flexibility index (Phi) is 8.09. The first-order valence-electron chi connectivity index (χ1n) is 11.1. The number of carbonyl (C=O) groups is 1. The molecule has 0 radical (unpaired) electrons. The first-order chi connectivity index (χ1) is 15.6. The summed E-state index contributed by atoms with van der Waals surface area (Å²) >= 11 is 12.2. The topological polar surface area (TPSA) is 58.4 Å². The molecule has 1 aromatic heterocycles. The molecule has 1 heterocycles. The fraction of sp³-hybridized carbons (Fsp3) is 0.385. The molecule has 2 aromatic carbocycles. The molecule has 0 aliphatic carbocycles. The number of aromatic nitrogens is 1. The molecule has 0 spiro atoms. The van der Waals surface area contributed by atoms with E-state index in [1.54, 1.807) is 13.0 Å². The Hall–Kier alpha value is -2.50. The maximum atomic E-state index is 13.6. The minimum absolute atomic E-state index is 0.0716. The smallest absolute Gasteiger partial charge is 0.261 e. The normalized spacial score (nSPS) is 11.5. The van der Waals surface area contributed by atoms with Gasteiger partial charge in [-0.25, -0.2) is 0 Å². The fourth-order valence-corrected chi connectivity index (χ4v) is 3.93. The van der Waals surface area contributed by atoms with Crippen molar-refractivity contribution >= 4 is 34.9 Å². The Morgan fingerprint density at radius 1 is 1.06 bits per heavy atom. The Morgan fingerprint density at radius 2 is 1.73 bits per heavy atom. The number of amides is 1. The number of anilines is 1. The average Bonchev–Trinajstić information content (AvgIpc) is 3.13. The molecule has 0 saturated carbocycles. The minimum atomic E-state index is -0.121. The maximum absolute atomic E-state index is 13.6. The van der Waals surface area contributed by atoms with Crippen LogP contribution in [0.1, 0.15) is 60.5 Å². The Morgan fingerprint density at radius 3 is 2.33 bits per heavy atom. The van der Waals surface area contributed by atoms with Crippen molar-refractivity contribution in [3.8, 4) is 0 Å². The summed E-state index contributed by atoms with van der Waals surface area (Å²) in [6, 6.07) is 14.0. The predicted octanol–water partition coefficient (Wildman–Crippen LogP) is 6.90. The molecular weight excluding hydrogens is 457 g/mol. The van der Waals surface area contributed by atoms with Gasteiger partial charge in [0.2, 0.25) is 0 Å². The van der Waals surface area contributed by atoms with Gasteiger partial charge < -0.3 is 14.7 Å². The Labute approximate surface area is 206 Å². The summed E-state index contributed by atoms with van der Waals surface area (Å²) in [6.45, 7) is 11.9. The SMILES string of the molecule is CCNc1noc(C)c1C(=O)N(CCc1ccc(Cl)c(Cl)c1)Cc1ccc(C(C)(C)C)cc1. The van der Waals surface area contributed by atoms with Gasteiger partial charge in [0, 0.05) is 19.6 Å². The van der Waals surface area contributed by atoms with E-state index < -0.39 is 0 Å². The van der Waals surface area contributed by atoms with Crippen LogP contribution in [0.4, 0.5) is 5.82 Å². The van der Waals surface area contributed by atoms with Crippen LogP contribution in [0.2, 0.25) is 10.0 Å². The second kappa shape index (κ2) is 10.6. The van der Waals surface area contributed by atoms with E-state index in [4.69, 9.17) is 27.7 Å². The molecule has 0 fully saturated rings. The second-order valence-corrected chi connectivity index (χ2v) is 9.98. The van der Waals surface area contributed by atoms with Crippen molar-refractivity contribution < 1.29 is 9.32 Å². The van der Waals surface area contributed by atoms with Gasteiger partial charge in [0.15, 0.2) is 5.82 Å². The number of aryl methyl sites for hydroxylation is 1. The first-order valence-corrected chi connectivity index (χ1v) is 11.9. The van der Waals surface area contributed by atoms with Crippen LogP contribution in [0.15, 0.2) is 47.0 Å². The van der Waals surface area contributed by atoms with E-state index in [9.17, 15) is 4.79 Å². The van der Waals surface area contributed by atoms with Gasteiger partial charge in [-0.3, -0.25) is 4.79 Å². The molecule has 1 amide bonds. The Bertz CT molecular complexity index is 1100. The monoisotopic (exact) mass is 487 g/mol. The van der Waals surface area contributed by atoms with E-state index in [0.717, 1.165) is 11.1 Å². The molecule has 7 heteroatoms. The standard InChI is InChI=1S/C26H31Cl2N3O2/c1-6-29-24-23(17(2)33-30-24)25(32)31(14-13-18-9-12-21(27)22(28)15-18)16-19-7-10-20(11-8-19)26(3,4)5/h7-12,15H,6,13-14,16H2,1-5H3,(H,29,30). The summed E-state index contributed by atoms with van der Waals surface area (Å²) in [6.07, 6.45) is 0.642. The third-order valence-electron chi connectivity index (χ3n) is 5.56. The van der Waals surface area contributed by atoms with Crippen molar-refractivity contribution in [1.82, 2.24) is 10.1 Å². The molecule has 0 aliphatic heterocycles. The molecule has 176 valence electrons. The fourth-order valence-electron chi connectivity index (χ4n) is 3.61. The predicted molar refractivity (Wildman–Crippen MR) is 135 cm³/mol. The zero-order valence-electron chi connectivity index (χ0n) is 19.8. The van der Waals surface area contributed by atoms with Crippen molar-refractivity contribution in [2.75, 3.05) is 18.4 Å². The van der Waals surface area contributed by atoms with Crippen LogP contribution in [-0.4, -0.2) is 29.1 Å². The van der Waals surface area contributed by atoms with Crippen LogP contribution in [-0.2, 0) is 18.4 Å². The van der Waals surface area contributed by atoms with Crippen LogP contribution >= 0.6 is 23.2 Å². The van der Waals surface area contributed by atoms with Crippen LogP contribution < -0.4 is 5.32 Å². The largest absolute Gasteiger partial charge is 0.367 e. The van der Waals surface area contributed by atoms with Crippen LogP contribution in [0.5, 0.6) is 0 Å². The molecule has 5 nitrogen and oxygen atoms in total. The third kappa shape index (κ3) is 6.30. The van der Waals surface area contributed by atoms with Crippen molar-refractivity contribution in [2.24, 2.45) is 0 Å². The number of nitrogens with zero attached hydrogens (tertiary/aromatic N) is 2. The van der Waals surface area contributed by atoms with Crippen molar-refractivity contribution in [1.29, 1.82) is 0 Å². The highest BCUT2D eigenvalue weighted by molar-refractivity contribution is 6.42. The number of benzene rings is 2. The summed E-state index contributed by atoms with van der Waals surface area (Å²) in [4.78, 5) is 15.5. The summed E-state index contributed by atoms with van der Waals surface area (Å²) in [7, 11) is 0. The number of hydrogen-bond donors (Lipinski definition) is 1. The minimum Gasteiger partial charge on any atom is -0.367 e. The van der Waals surface area contributed by atoms with Gasteiger partial charge in [-0.2, -0.15) is 0 Å². The molecule has 3 aromatic rings. The number of halogens is 2. The van der Waals surface area contributed by atoms with Crippen molar-refractivity contribution in [3.05, 3.63) is 80.5 Å². The van der Waals surface area contributed by atoms with Crippen LogP contribution in [0, 0.1) is 6.92 Å². The lowest BCUT2D eigenvalue weighted by Gasteiger charge is -2.24. The van der Waals surface area contributed by atoms with Crippen molar-refractivity contribution in [2.45, 2.75) is 53.0 Å². The number of rotatable bonds is 8. The van der Waals surface area contributed by atoms with Gasteiger partial charge in [0.05, 0.1) is 10.0 Å². The first kappa shape index (κ1) is 25.1. The molecule has 1 N–H and O–H groups in total. The summed E-state index contributed by atoms with van der Waals surface area (Å²) in [5, 5.41) is 8.18. The number of nitrogens with one attached hydrogen (secondary N) is 1. The zero-order chi connectivity index (χ0) is 24.2.